The van der Waals surface area contributed by atoms with Crippen molar-refractivity contribution in [2.45, 2.75) is 33.2 Å². The average Bonchev–Trinajstić information content (AvgIpc) is 2.62. The van der Waals surface area contributed by atoms with Crippen molar-refractivity contribution in [3.63, 3.8) is 0 Å². The Hall–Kier alpha value is -2.25. The molecule has 0 aliphatic rings. The number of nitrogens with zero attached hydrogens (tertiary/aromatic N) is 1. The number of carbonyl (C=O) groups is 1. The van der Waals surface area contributed by atoms with E-state index in [2.05, 4.69) is 5.32 Å². The Kier molecular flexibility index (Phi) is 7.32. The first kappa shape index (κ1) is 22.0. The fourth-order valence-electron chi connectivity index (χ4n) is 2.92. The van der Waals surface area contributed by atoms with E-state index in [1.807, 2.05) is 6.92 Å². The second kappa shape index (κ2) is 9.30. The number of para-hydroxylation sites is 2. The molecule has 0 aliphatic carbocycles. The Morgan fingerprint density at radius 2 is 1.89 bits per heavy atom. The quantitative estimate of drug-likeness (QED) is 0.688. The summed E-state index contributed by atoms with van der Waals surface area (Å²) >= 11 is 6.09. The first-order valence-corrected chi connectivity index (χ1v) is 11.2. The minimum absolute atomic E-state index is 0.279. The third-order valence-electron chi connectivity index (χ3n) is 4.18. The second-order valence-corrected chi connectivity index (χ2v) is 8.63. The van der Waals surface area contributed by atoms with Crippen molar-refractivity contribution in [2.75, 3.05) is 22.5 Å². The highest BCUT2D eigenvalue weighted by Crippen LogP contribution is 2.30. The van der Waals surface area contributed by atoms with Crippen molar-refractivity contribution < 1.29 is 17.9 Å². The Labute approximate surface area is 171 Å². The summed E-state index contributed by atoms with van der Waals surface area (Å²) in [6.45, 7) is 5.83. The van der Waals surface area contributed by atoms with Gasteiger partial charge in [-0.1, -0.05) is 36.7 Å². The number of amides is 1. The van der Waals surface area contributed by atoms with Gasteiger partial charge in [0, 0.05) is 5.02 Å². The van der Waals surface area contributed by atoms with Crippen molar-refractivity contribution in [2.24, 2.45) is 0 Å². The van der Waals surface area contributed by atoms with E-state index in [0.717, 1.165) is 10.6 Å². The summed E-state index contributed by atoms with van der Waals surface area (Å²) in [7, 11) is -3.74. The van der Waals surface area contributed by atoms with E-state index >= 15 is 0 Å². The normalized spacial score (nSPS) is 12.3. The molecule has 28 heavy (non-hydrogen) atoms. The Balaban J connectivity index is 2.44. The summed E-state index contributed by atoms with van der Waals surface area (Å²) in [6.07, 6.45) is 1.36. The van der Waals surface area contributed by atoms with Gasteiger partial charge in [-0.05, 0) is 50.1 Å². The molecule has 0 bridgehead atoms. The van der Waals surface area contributed by atoms with Gasteiger partial charge in [0.25, 0.3) is 0 Å². The molecule has 2 rings (SSSR count). The molecule has 1 N–H and O–H groups in total. The predicted octanol–water partition coefficient (Wildman–Crippen LogP) is 4.23. The number of nitrogens with one attached hydrogen (secondary N) is 1. The van der Waals surface area contributed by atoms with Crippen molar-refractivity contribution in [3.05, 3.63) is 53.1 Å². The van der Waals surface area contributed by atoms with E-state index in [9.17, 15) is 13.2 Å². The zero-order chi connectivity index (χ0) is 20.9. The van der Waals surface area contributed by atoms with E-state index in [4.69, 9.17) is 16.3 Å². The molecule has 0 spiro atoms. The smallest absolute Gasteiger partial charge is 0.248 e. The van der Waals surface area contributed by atoms with Gasteiger partial charge in [0.2, 0.25) is 15.9 Å². The van der Waals surface area contributed by atoms with Crippen LogP contribution in [-0.4, -0.2) is 33.2 Å². The number of hydrogen-bond acceptors (Lipinski definition) is 4. The van der Waals surface area contributed by atoms with Crippen molar-refractivity contribution in [3.8, 4) is 5.75 Å². The zero-order valence-corrected chi connectivity index (χ0v) is 18.0. The molecule has 0 radical (unpaired) electrons. The highest BCUT2D eigenvalue weighted by atomic mass is 35.5. The van der Waals surface area contributed by atoms with E-state index in [0.29, 0.717) is 34.3 Å². The number of aryl methyl sites for hydroxylation is 1. The maximum absolute atomic E-state index is 13.1. The maximum Gasteiger partial charge on any atom is 0.248 e. The van der Waals surface area contributed by atoms with Crippen molar-refractivity contribution >= 4 is 38.9 Å². The van der Waals surface area contributed by atoms with Crippen LogP contribution in [-0.2, 0) is 14.8 Å². The lowest BCUT2D eigenvalue weighted by Gasteiger charge is -2.31. The molecule has 8 heteroatoms. The molecule has 0 unspecified atom stereocenters. The van der Waals surface area contributed by atoms with Gasteiger partial charge in [0.05, 0.1) is 24.2 Å². The van der Waals surface area contributed by atoms with E-state index in [-0.39, 0.29) is 6.42 Å². The number of ether oxygens (including phenoxy) is 1. The van der Waals surface area contributed by atoms with E-state index in [1.54, 1.807) is 56.3 Å². The SMILES string of the molecule is CCOc1ccccc1NC(=O)[C@@H](CC)N(c1cc(Cl)ccc1C)S(C)(=O)=O. The molecule has 0 aromatic heterocycles. The van der Waals surface area contributed by atoms with Crippen LogP contribution >= 0.6 is 11.6 Å². The summed E-state index contributed by atoms with van der Waals surface area (Å²) in [5.41, 5.74) is 1.58. The van der Waals surface area contributed by atoms with Crippen LogP contribution in [0, 0.1) is 6.92 Å². The van der Waals surface area contributed by atoms with Gasteiger partial charge < -0.3 is 10.1 Å². The lowest BCUT2D eigenvalue weighted by atomic mass is 10.1. The van der Waals surface area contributed by atoms with Gasteiger partial charge in [-0.2, -0.15) is 0 Å². The molecule has 1 amide bonds. The number of sulfonamides is 1. The third kappa shape index (κ3) is 5.17. The molecule has 0 heterocycles. The van der Waals surface area contributed by atoms with Gasteiger partial charge in [-0.3, -0.25) is 9.10 Å². The number of hydrogen-bond donors (Lipinski definition) is 1. The number of benzene rings is 2. The number of anilines is 2. The minimum atomic E-state index is -3.74. The Morgan fingerprint density at radius 3 is 2.50 bits per heavy atom. The third-order valence-corrected chi connectivity index (χ3v) is 5.58. The average molecular weight is 425 g/mol. The van der Waals surface area contributed by atoms with Crippen molar-refractivity contribution in [1.82, 2.24) is 0 Å². The predicted molar refractivity (Wildman–Crippen MR) is 114 cm³/mol. The van der Waals surface area contributed by atoms with E-state index in [1.165, 1.54) is 0 Å². The second-order valence-electron chi connectivity index (χ2n) is 6.33. The molecular formula is C20H25ClN2O4S. The molecule has 1 atom stereocenters. The van der Waals surface area contributed by atoms with Crippen LogP contribution < -0.4 is 14.4 Å². The molecular weight excluding hydrogens is 400 g/mol. The zero-order valence-electron chi connectivity index (χ0n) is 16.4. The highest BCUT2D eigenvalue weighted by molar-refractivity contribution is 7.92. The van der Waals surface area contributed by atoms with Crippen LogP contribution in [0.1, 0.15) is 25.8 Å². The van der Waals surface area contributed by atoms with Crippen LogP contribution in [0.4, 0.5) is 11.4 Å². The minimum Gasteiger partial charge on any atom is -0.492 e. The molecule has 2 aromatic carbocycles. The Bertz CT molecular complexity index is 947. The van der Waals surface area contributed by atoms with Gasteiger partial charge in [0.1, 0.15) is 11.8 Å². The summed E-state index contributed by atoms with van der Waals surface area (Å²) in [4.78, 5) is 13.1. The van der Waals surface area contributed by atoms with Crippen LogP contribution in [0.15, 0.2) is 42.5 Å². The molecule has 0 fully saturated rings. The van der Waals surface area contributed by atoms with Crippen LogP contribution in [0.2, 0.25) is 5.02 Å². The maximum atomic E-state index is 13.1. The van der Waals surface area contributed by atoms with Crippen molar-refractivity contribution in [1.29, 1.82) is 0 Å². The number of halogens is 1. The monoisotopic (exact) mass is 424 g/mol. The van der Waals surface area contributed by atoms with Gasteiger partial charge in [0.15, 0.2) is 0 Å². The van der Waals surface area contributed by atoms with Gasteiger partial charge in [-0.25, -0.2) is 8.42 Å². The van der Waals surface area contributed by atoms with Gasteiger partial charge >= 0.3 is 0 Å². The molecule has 152 valence electrons. The largest absolute Gasteiger partial charge is 0.492 e. The topological polar surface area (TPSA) is 75.7 Å². The number of carbonyl (C=O) groups excluding carboxylic acids is 1. The Morgan fingerprint density at radius 1 is 1.21 bits per heavy atom. The molecule has 0 saturated carbocycles. The molecule has 0 aliphatic heterocycles. The lowest BCUT2D eigenvalue weighted by molar-refractivity contribution is -0.117. The van der Waals surface area contributed by atoms with Gasteiger partial charge in [-0.15, -0.1) is 0 Å². The fraction of sp³-hybridized carbons (Fsp3) is 0.350. The number of rotatable bonds is 8. The highest BCUT2D eigenvalue weighted by Gasteiger charge is 2.33. The first-order valence-electron chi connectivity index (χ1n) is 8.97. The molecule has 6 nitrogen and oxygen atoms in total. The lowest BCUT2D eigenvalue weighted by Crippen LogP contribution is -2.47. The first-order chi connectivity index (χ1) is 13.2. The summed E-state index contributed by atoms with van der Waals surface area (Å²) in [6, 6.07) is 11.1. The molecule has 2 aromatic rings. The summed E-state index contributed by atoms with van der Waals surface area (Å²) < 4.78 is 31.9. The standard InChI is InChI=1S/C20H25ClN2O4S/c1-5-17(20(24)22-16-9-7-8-10-19(16)27-6-2)23(28(4,25)26)18-13-15(21)12-11-14(18)3/h7-13,17H,5-6H2,1-4H3,(H,22,24)/t17-/m1/s1. The summed E-state index contributed by atoms with van der Waals surface area (Å²) in [5.74, 6) is 0.0810. The molecule has 0 saturated heterocycles. The summed E-state index contributed by atoms with van der Waals surface area (Å²) in [5, 5.41) is 3.19. The van der Waals surface area contributed by atoms with Crippen LogP contribution in [0.3, 0.4) is 0 Å². The fourth-order valence-corrected chi connectivity index (χ4v) is 4.35. The van der Waals surface area contributed by atoms with Crippen LogP contribution in [0.5, 0.6) is 5.75 Å². The van der Waals surface area contributed by atoms with Crippen LogP contribution in [0.25, 0.3) is 0 Å². The van der Waals surface area contributed by atoms with E-state index < -0.39 is 22.0 Å².